The van der Waals surface area contributed by atoms with Crippen LogP contribution in [0.2, 0.25) is 0 Å². The molecule has 2 aliphatic heterocycles. The van der Waals surface area contributed by atoms with Crippen LogP contribution in [0.25, 0.3) is 6.08 Å². The van der Waals surface area contributed by atoms with Gasteiger partial charge in [-0.2, -0.15) is 4.73 Å². The third kappa shape index (κ3) is 26.9. The van der Waals surface area contributed by atoms with Gasteiger partial charge in [0, 0.05) is 158 Å². The molecule has 0 fully saturated rings. The Balaban J connectivity index is 0.000000172. The lowest BCUT2D eigenvalue weighted by Crippen LogP contribution is -2.33. The van der Waals surface area contributed by atoms with Gasteiger partial charge in [0.25, 0.3) is 23.6 Å². The molecule has 11 aromatic rings. The molecular weight excluding hydrogens is 1820 g/mol. The summed E-state index contributed by atoms with van der Waals surface area (Å²) in [5, 5.41) is 20.7. The number of ketones is 2. The maximum Gasteiger partial charge on any atom is 0.339 e. The summed E-state index contributed by atoms with van der Waals surface area (Å²) in [4.78, 5) is 180. The predicted molar refractivity (Wildman–Crippen MR) is 493 cm³/mol. The van der Waals surface area contributed by atoms with Crippen molar-refractivity contribution in [1.82, 2.24) is 44.7 Å². The van der Waals surface area contributed by atoms with Crippen LogP contribution in [0.3, 0.4) is 0 Å². The van der Waals surface area contributed by atoms with Crippen LogP contribution < -0.4 is 19.9 Å². The van der Waals surface area contributed by atoms with E-state index in [4.69, 9.17) is 15.2 Å². The molecule has 8 aromatic heterocycles. The van der Waals surface area contributed by atoms with Crippen molar-refractivity contribution in [1.29, 1.82) is 0 Å². The molecule has 36 heteroatoms. The van der Waals surface area contributed by atoms with E-state index in [1.54, 1.807) is 143 Å². The van der Waals surface area contributed by atoms with Gasteiger partial charge in [-0.15, -0.1) is 0 Å². The van der Waals surface area contributed by atoms with Crippen molar-refractivity contribution in [3.63, 3.8) is 0 Å². The SMILES string of the molecule is C=CC(=O)OC.COC(=O)/C=C/c1cnccc1C(=O)OC.COC(=O)C1Cc2cnccc2C1=O.COC(=O)CCc1cnccc1C(=O)OC.COC(=O)c1ccncc1Br.COc1ccc(CN)c(OC)c1.O=C1CCc2cnccc21.O=C1c2ccccc2C(=O)N1C1CCc2c[n+]([O-])ccc21.O=C1c2ccccc2C(=O)N1C1CCc2cnccc21.OC1CCc2cnccc21. The van der Waals surface area contributed by atoms with Gasteiger partial charge in [0.1, 0.15) is 17.4 Å². The van der Waals surface area contributed by atoms with Crippen LogP contribution in [0.1, 0.15) is 205 Å². The fraction of sp³-hybridized carbons (Fsp3) is 0.250. The third-order valence-electron chi connectivity index (χ3n) is 21.8. The molecule has 0 spiro atoms. The zero-order valence-electron chi connectivity index (χ0n) is 75.7. The van der Waals surface area contributed by atoms with E-state index in [9.17, 15) is 72.6 Å². The number of nitrogens with two attached hydrogens (primary N) is 1. The van der Waals surface area contributed by atoms with Gasteiger partial charge in [0.05, 0.1) is 126 Å². The highest BCUT2D eigenvalue weighted by Crippen LogP contribution is 2.42. The Kier molecular flexibility index (Phi) is 39.5. The standard InChI is InChI=1S/C16H12N2O3.C16H12N2O2.C11H13NO4.C11H11NO4.C10H9NO3.C9H13NO2.C8H9NO.C8H7NO.C7H6BrNO2.C4H6O2/c19-15-12-3-1-2-4-13(12)16(20)18(15)14-6-5-10-9-17(21)8-7-11(10)14;19-15-12-3-1-2-4-13(12)16(20)18(15)14-6-5-10-9-17-8-7-11(10)14;2*1-15-10(13)4-3-8-7-12-6-5-9(8)11(14)16-2;1-14-10(13)8-4-6-5-11-3-2-7(6)9(8)12;1-11-8-4-3-7(6-10)9(5-8)12-2;2*10-8-2-1-6-5-9-4-3-7(6)8;1-11-7(10)5-2-3-9-4-6(5)8;1-3-4(5)6-2/h1-4,7-9,14H,5-6H2;1-4,7-9,14H,5-6H2;5-7H,3-4H2,1-2H3;3-7H,1-2H3;2-3,5,8H,4H2,1H3;3-5H,6,10H2,1-2H3;3-5,8,10H,1-2H2;3-5H,1-2H2;2-4H,1H3;3H,1H2,2H3/b;;;4-3+;;;;;;. The van der Waals surface area contributed by atoms with Crippen molar-refractivity contribution in [2.45, 2.75) is 95.4 Å². The number of rotatable bonds is 15. The maximum atomic E-state index is 12.5. The number of aliphatic hydroxyl groups excluding tert-OH is 1. The molecule has 5 aliphatic carbocycles. The number of halogens is 1. The number of ether oxygens (including phenoxy) is 9. The number of hydrogen-bond donors (Lipinski definition) is 2. The molecule has 10 heterocycles. The first-order valence-corrected chi connectivity index (χ1v) is 42.8. The van der Waals surface area contributed by atoms with Crippen molar-refractivity contribution < 1.29 is 115 Å². The molecule has 7 aliphatic rings. The van der Waals surface area contributed by atoms with Crippen molar-refractivity contribution in [2.75, 3.05) is 64.0 Å². The number of esters is 7. The van der Waals surface area contributed by atoms with E-state index >= 15 is 0 Å². The van der Waals surface area contributed by atoms with Gasteiger partial charge in [-0.25, -0.2) is 24.0 Å². The molecule has 18 rings (SSSR count). The Hall–Kier alpha value is -16.0. The molecule has 0 saturated heterocycles. The summed E-state index contributed by atoms with van der Waals surface area (Å²) in [5.41, 5.74) is 20.5. The maximum absolute atomic E-state index is 12.5. The van der Waals surface area contributed by atoms with Gasteiger partial charge in [-0.3, -0.25) is 83.0 Å². The lowest BCUT2D eigenvalue weighted by atomic mass is 10.1. The molecule has 35 nitrogen and oxygen atoms in total. The molecule has 4 amide bonds. The summed E-state index contributed by atoms with van der Waals surface area (Å²) < 4.78 is 43.0. The number of pyridine rings is 8. The predicted octanol–water partition coefficient (Wildman–Crippen LogP) is 12.0. The van der Waals surface area contributed by atoms with Gasteiger partial charge >= 0.3 is 41.8 Å². The van der Waals surface area contributed by atoms with E-state index in [1.165, 1.54) is 121 Å². The fourth-order valence-corrected chi connectivity index (χ4v) is 15.3. The highest BCUT2D eigenvalue weighted by molar-refractivity contribution is 9.10. The minimum Gasteiger partial charge on any atom is -0.619 e. The second kappa shape index (κ2) is 51.8. The molecule has 136 heavy (non-hydrogen) atoms. The normalized spacial score (nSPS) is 15.0. The average Bonchev–Trinajstić information content (AvgIpc) is 1.60. The number of imide groups is 2. The summed E-state index contributed by atoms with van der Waals surface area (Å²) >= 11 is 3.17. The monoisotopic (exact) mass is 1920 g/mol. The highest BCUT2D eigenvalue weighted by atomic mass is 79.9. The van der Waals surface area contributed by atoms with Crippen molar-refractivity contribution >= 4 is 99.0 Å². The second-order valence-electron chi connectivity index (χ2n) is 29.7. The minimum absolute atomic E-state index is 0.152. The number of carbonyl (C=O) groups is 13. The van der Waals surface area contributed by atoms with E-state index in [0.717, 1.165) is 104 Å². The summed E-state index contributed by atoms with van der Waals surface area (Å²) in [6.45, 7) is 3.64. The van der Waals surface area contributed by atoms with Crippen LogP contribution in [0.5, 0.6) is 11.5 Å². The second-order valence-corrected chi connectivity index (χ2v) is 30.5. The fourth-order valence-electron chi connectivity index (χ4n) is 14.9. The number of carbonyl (C=O) groups excluding carboxylic acids is 13. The third-order valence-corrected chi connectivity index (χ3v) is 22.5. The van der Waals surface area contributed by atoms with Crippen LogP contribution in [-0.4, -0.2) is 191 Å². The van der Waals surface area contributed by atoms with Gasteiger partial charge < -0.3 is 58.7 Å². The first-order valence-electron chi connectivity index (χ1n) is 42.0. The minimum atomic E-state index is -0.667. The van der Waals surface area contributed by atoms with Gasteiger partial charge in [-0.1, -0.05) is 36.9 Å². The summed E-state index contributed by atoms with van der Waals surface area (Å²) in [6, 6.07) is 32.7. The summed E-state index contributed by atoms with van der Waals surface area (Å²) in [6.07, 6.45) is 36.7. The number of amides is 4. The number of aliphatic hydroxyl groups is 1. The molecule has 0 saturated carbocycles. The van der Waals surface area contributed by atoms with Crippen LogP contribution in [0.4, 0.5) is 0 Å². The van der Waals surface area contributed by atoms with Crippen molar-refractivity contribution in [3.8, 4) is 11.5 Å². The topological polar surface area (TPSA) is 475 Å². The number of benzene rings is 3. The molecule has 704 valence electrons. The quantitative estimate of drug-likeness (QED) is 0.0183. The largest absolute Gasteiger partial charge is 0.619 e. The highest BCUT2D eigenvalue weighted by Gasteiger charge is 2.45. The number of nitrogens with zero attached hydrogens (tertiary/aromatic N) is 10. The molecule has 3 aromatic carbocycles. The number of aromatic nitrogens is 8. The van der Waals surface area contributed by atoms with Crippen LogP contribution >= 0.6 is 15.9 Å². The number of methoxy groups -OCH3 is 9. The molecule has 0 bridgehead atoms. The summed E-state index contributed by atoms with van der Waals surface area (Å²) in [5.74, 6) is -2.80. The molecule has 0 radical (unpaired) electrons. The lowest BCUT2D eigenvalue weighted by Gasteiger charge is -2.22. The van der Waals surface area contributed by atoms with Gasteiger partial charge in [0.2, 0.25) is 0 Å². The van der Waals surface area contributed by atoms with Crippen molar-refractivity contribution in [3.05, 3.63) is 354 Å². The van der Waals surface area contributed by atoms with E-state index in [0.29, 0.717) is 98.8 Å². The van der Waals surface area contributed by atoms with Crippen LogP contribution in [0.15, 0.2) is 238 Å². The average molecular weight is 1920 g/mol. The van der Waals surface area contributed by atoms with E-state index in [1.807, 2.05) is 42.7 Å². The Morgan fingerprint density at radius 3 is 1.49 bits per heavy atom. The molecule has 4 unspecified atom stereocenters. The Morgan fingerprint density at radius 1 is 0.485 bits per heavy atom. The van der Waals surface area contributed by atoms with Gasteiger partial charge in [-0.05, 0) is 197 Å². The molecule has 4 atom stereocenters. The Bertz CT molecular complexity index is 6160. The van der Waals surface area contributed by atoms with Crippen LogP contribution in [-0.2, 0) is 97.4 Å². The number of aryl methyl sites for hydroxylation is 5. The van der Waals surface area contributed by atoms with Gasteiger partial charge in [0.15, 0.2) is 24.0 Å². The first kappa shape index (κ1) is 104. The lowest BCUT2D eigenvalue weighted by molar-refractivity contribution is -0.605. The Labute approximate surface area is 790 Å². The number of Topliss-reactive ketones (excluding diaryl/α,β-unsaturated/α-hetero) is 2. The Morgan fingerprint density at radius 2 is 0.971 bits per heavy atom. The summed E-state index contributed by atoms with van der Waals surface area (Å²) in [7, 11) is 12.4. The van der Waals surface area contributed by atoms with Crippen molar-refractivity contribution in [2.24, 2.45) is 11.7 Å². The van der Waals surface area contributed by atoms with E-state index in [2.05, 4.69) is 90.6 Å². The zero-order chi connectivity index (χ0) is 98.5. The van der Waals surface area contributed by atoms with E-state index < -0.39 is 35.8 Å². The van der Waals surface area contributed by atoms with E-state index in [-0.39, 0.29) is 71.7 Å². The number of fused-ring (bicyclic) bond motifs is 7. The smallest absolute Gasteiger partial charge is 0.339 e. The van der Waals surface area contributed by atoms with Crippen LogP contribution in [0, 0.1) is 11.1 Å². The number of hydrogen-bond acceptors (Lipinski definition) is 32. The first-order chi connectivity index (χ1) is 65.7. The zero-order valence-corrected chi connectivity index (χ0v) is 77.3. The molecule has 3 N–H and O–H groups in total. The molecular formula is C100H98BrN11O24.